The van der Waals surface area contributed by atoms with Gasteiger partial charge in [-0.15, -0.1) is 0 Å². The molecule has 1 heterocycles. The maximum atomic E-state index is 6.15. The van der Waals surface area contributed by atoms with Crippen LogP contribution in [0.25, 0.3) is 0 Å². The van der Waals surface area contributed by atoms with Crippen molar-refractivity contribution < 1.29 is 0 Å². The number of H-pyrrole nitrogens is 1. The average molecular weight is 289 g/mol. The normalized spacial score (nSPS) is 15.8. The van der Waals surface area contributed by atoms with Crippen LogP contribution in [0.3, 0.4) is 0 Å². The molecule has 0 saturated carbocycles. The number of hydrogen-bond donors (Lipinski definition) is 1. The smallest absolute Gasteiger partial charge is 0.0756 e. The molecule has 0 spiro atoms. The van der Waals surface area contributed by atoms with E-state index in [9.17, 15) is 0 Å². The predicted octanol–water partition coefficient (Wildman–Crippen LogP) is 4.66. The second kappa shape index (κ2) is 5.25. The molecule has 20 heavy (non-hydrogen) atoms. The van der Waals surface area contributed by atoms with Crippen molar-refractivity contribution in [1.29, 1.82) is 0 Å². The van der Waals surface area contributed by atoms with Gasteiger partial charge in [0, 0.05) is 16.1 Å². The fraction of sp³-hybridized carbons (Fsp3) is 0.471. The quantitative estimate of drug-likeness (QED) is 0.800. The van der Waals surface area contributed by atoms with Crippen molar-refractivity contribution in [2.75, 3.05) is 0 Å². The van der Waals surface area contributed by atoms with Crippen LogP contribution in [0.2, 0.25) is 5.02 Å². The first-order valence-corrected chi connectivity index (χ1v) is 7.79. The SMILES string of the molecule is CC(C)(c1cccc(Cl)c1)c1n[nH]c2c1CCCCC2. The summed E-state index contributed by atoms with van der Waals surface area (Å²) in [5.74, 6) is 0. The highest BCUT2D eigenvalue weighted by atomic mass is 35.5. The average Bonchev–Trinajstić information content (AvgIpc) is 2.69. The molecule has 1 aliphatic rings. The number of rotatable bonds is 2. The van der Waals surface area contributed by atoms with E-state index in [4.69, 9.17) is 11.6 Å². The lowest BCUT2D eigenvalue weighted by Crippen LogP contribution is -2.21. The number of benzene rings is 1. The van der Waals surface area contributed by atoms with Gasteiger partial charge in [0.2, 0.25) is 0 Å². The van der Waals surface area contributed by atoms with Crippen LogP contribution in [0, 0.1) is 0 Å². The minimum atomic E-state index is -0.112. The van der Waals surface area contributed by atoms with Crippen molar-refractivity contribution in [1.82, 2.24) is 10.2 Å². The number of hydrogen-bond acceptors (Lipinski definition) is 1. The first kappa shape index (κ1) is 13.7. The van der Waals surface area contributed by atoms with E-state index in [-0.39, 0.29) is 5.41 Å². The van der Waals surface area contributed by atoms with Gasteiger partial charge in [-0.25, -0.2) is 0 Å². The molecule has 3 heteroatoms. The molecule has 1 aromatic heterocycles. The van der Waals surface area contributed by atoms with Gasteiger partial charge in [-0.2, -0.15) is 5.10 Å². The molecule has 0 amide bonds. The Morgan fingerprint density at radius 3 is 2.75 bits per heavy atom. The lowest BCUT2D eigenvalue weighted by molar-refractivity contribution is 0.600. The molecule has 0 unspecified atom stereocenters. The van der Waals surface area contributed by atoms with E-state index >= 15 is 0 Å². The second-order valence-electron chi connectivity index (χ2n) is 6.23. The first-order chi connectivity index (χ1) is 9.59. The Morgan fingerprint density at radius 1 is 1.15 bits per heavy atom. The standard InChI is InChI=1S/C17H21ClN2/c1-17(2,12-7-6-8-13(18)11-12)16-14-9-4-3-5-10-15(14)19-20-16/h6-8,11H,3-5,9-10H2,1-2H3,(H,19,20). The molecule has 0 atom stereocenters. The number of nitrogens with one attached hydrogen (secondary N) is 1. The van der Waals surface area contributed by atoms with Crippen molar-refractivity contribution in [3.63, 3.8) is 0 Å². The van der Waals surface area contributed by atoms with Crippen LogP contribution in [0.5, 0.6) is 0 Å². The third-order valence-electron chi connectivity index (χ3n) is 4.44. The Hall–Kier alpha value is -1.28. The number of fused-ring (bicyclic) bond motifs is 1. The second-order valence-corrected chi connectivity index (χ2v) is 6.66. The summed E-state index contributed by atoms with van der Waals surface area (Å²) < 4.78 is 0. The van der Waals surface area contributed by atoms with Gasteiger partial charge in [-0.3, -0.25) is 5.10 Å². The molecule has 2 nitrogen and oxygen atoms in total. The number of halogens is 1. The fourth-order valence-corrected chi connectivity index (χ4v) is 3.38. The van der Waals surface area contributed by atoms with Crippen molar-refractivity contribution >= 4 is 11.6 Å². The molecule has 1 aliphatic carbocycles. The molecular formula is C17H21ClN2. The van der Waals surface area contributed by atoms with E-state index in [0.717, 1.165) is 17.9 Å². The van der Waals surface area contributed by atoms with Crippen LogP contribution in [0.1, 0.15) is 55.6 Å². The molecule has 0 fully saturated rings. The van der Waals surface area contributed by atoms with Crippen LogP contribution in [-0.4, -0.2) is 10.2 Å². The van der Waals surface area contributed by atoms with Crippen LogP contribution >= 0.6 is 11.6 Å². The van der Waals surface area contributed by atoms with E-state index < -0.39 is 0 Å². The van der Waals surface area contributed by atoms with Gasteiger partial charge in [0.15, 0.2) is 0 Å². The summed E-state index contributed by atoms with van der Waals surface area (Å²) in [6, 6.07) is 8.14. The molecule has 0 radical (unpaired) electrons. The highest BCUT2D eigenvalue weighted by molar-refractivity contribution is 6.30. The third-order valence-corrected chi connectivity index (χ3v) is 4.68. The Bertz CT molecular complexity index is 613. The van der Waals surface area contributed by atoms with Crippen molar-refractivity contribution in [3.05, 3.63) is 51.8 Å². The molecule has 0 saturated heterocycles. The van der Waals surface area contributed by atoms with E-state index in [0.29, 0.717) is 0 Å². The summed E-state index contributed by atoms with van der Waals surface area (Å²) in [6.07, 6.45) is 6.13. The van der Waals surface area contributed by atoms with Gasteiger partial charge >= 0.3 is 0 Å². The monoisotopic (exact) mass is 288 g/mol. The summed E-state index contributed by atoms with van der Waals surface area (Å²) in [4.78, 5) is 0. The maximum Gasteiger partial charge on any atom is 0.0756 e. The zero-order valence-electron chi connectivity index (χ0n) is 12.2. The minimum Gasteiger partial charge on any atom is -0.282 e. The van der Waals surface area contributed by atoms with Gasteiger partial charge in [0.05, 0.1) is 5.69 Å². The third kappa shape index (κ3) is 2.37. The lowest BCUT2D eigenvalue weighted by Gasteiger charge is -2.25. The number of nitrogens with zero attached hydrogens (tertiary/aromatic N) is 1. The summed E-state index contributed by atoms with van der Waals surface area (Å²) in [6.45, 7) is 4.47. The van der Waals surface area contributed by atoms with Crippen LogP contribution < -0.4 is 0 Å². The van der Waals surface area contributed by atoms with Crippen molar-refractivity contribution in [3.8, 4) is 0 Å². The molecule has 106 valence electrons. The van der Waals surface area contributed by atoms with Gasteiger partial charge in [0.1, 0.15) is 0 Å². The fourth-order valence-electron chi connectivity index (χ4n) is 3.19. The first-order valence-electron chi connectivity index (χ1n) is 7.41. The van der Waals surface area contributed by atoms with Crippen LogP contribution in [0.15, 0.2) is 24.3 Å². The minimum absolute atomic E-state index is 0.112. The highest BCUT2D eigenvalue weighted by Gasteiger charge is 2.30. The molecule has 3 rings (SSSR count). The Labute approximate surface area is 125 Å². The Balaban J connectivity index is 2.05. The summed E-state index contributed by atoms with van der Waals surface area (Å²) in [7, 11) is 0. The molecule has 0 aliphatic heterocycles. The molecular weight excluding hydrogens is 268 g/mol. The number of aromatic nitrogens is 2. The number of aromatic amines is 1. The zero-order chi connectivity index (χ0) is 14.2. The summed E-state index contributed by atoms with van der Waals surface area (Å²) >= 11 is 6.15. The molecule has 0 bridgehead atoms. The Kier molecular flexibility index (Phi) is 3.59. The van der Waals surface area contributed by atoms with Crippen LogP contribution in [0.4, 0.5) is 0 Å². The highest BCUT2D eigenvalue weighted by Crippen LogP contribution is 2.36. The summed E-state index contributed by atoms with van der Waals surface area (Å²) in [5.41, 5.74) is 5.08. The van der Waals surface area contributed by atoms with Gasteiger partial charge < -0.3 is 0 Å². The molecule has 1 N–H and O–H groups in total. The Morgan fingerprint density at radius 2 is 1.95 bits per heavy atom. The van der Waals surface area contributed by atoms with Crippen molar-refractivity contribution in [2.45, 2.75) is 51.4 Å². The van der Waals surface area contributed by atoms with E-state index in [1.54, 1.807) is 0 Å². The van der Waals surface area contributed by atoms with Crippen molar-refractivity contribution in [2.24, 2.45) is 0 Å². The van der Waals surface area contributed by atoms with Gasteiger partial charge in [-0.05, 0) is 48.9 Å². The maximum absolute atomic E-state index is 6.15. The predicted molar refractivity (Wildman–Crippen MR) is 83.4 cm³/mol. The van der Waals surface area contributed by atoms with Gasteiger partial charge in [-0.1, -0.05) is 44.0 Å². The topological polar surface area (TPSA) is 28.7 Å². The zero-order valence-corrected chi connectivity index (χ0v) is 12.9. The lowest BCUT2D eigenvalue weighted by atomic mass is 9.79. The van der Waals surface area contributed by atoms with Crippen LogP contribution in [-0.2, 0) is 18.3 Å². The van der Waals surface area contributed by atoms with E-state index in [1.807, 2.05) is 12.1 Å². The molecule has 2 aromatic rings. The van der Waals surface area contributed by atoms with Gasteiger partial charge in [0.25, 0.3) is 0 Å². The largest absolute Gasteiger partial charge is 0.282 e. The number of aryl methyl sites for hydroxylation is 1. The summed E-state index contributed by atoms with van der Waals surface area (Å²) in [5, 5.41) is 8.71. The van der Waals surface area contributed by atoms with E-state index in [2.05, 4.69) is 36.2 Å². The molecule has 1 aromatic carbocycles. The van der Waals surface area contributed by atoms with E-state index in [1.165, 1.54) is 41.8 Å².